The molecule has 9 nitrogen and oxygen atoms in total. The lowest BCUT2D eigenvalue weighted by Crippen LogP contribution is -2.24. The molecule has 0 aliphatic carbocycles. The fraction of sp³-hybridized carbons (Fsp3) is 0.297. The topological polar surface area (TPSA) is 114 Å². The molecule has 242 valence electrons. The van der Waals surface area contributed by atoms with Crippen LogP contribution < -0.4 is 15.2 Å². The summed E-state index contributed by atoms with van der Waals surface area (Å²) < 4.78 is 19.6. The van der Waals surface area contributed by atoms with Gasteiger partial charge in [0.2, 0.25) is 11.8 Å². The maximum atomic E-state index is 6.25. The molecule has 4 heterocycles. The molecule has 10 heteroatoms. The Labute approximate surface area is 279 Å². The number of hydrogen-bond acceptors (Lipinski definition) is 9. The number of nitrogens with two attached hydrogens (primary N) is 1. The van der Waals surface area contributed by atoms with E-state index in [4.69, 9.17) is 19.6 Å². The molecular weight excluding hydrogens is 609 g/mol. The van der Waals surface area contributed by atoms with Gasteiger partial charge >= 0.3 is 6.01 Å². The van der Waals surface area contributed by atoms with Crippen molar-refractivity contribution >= 4 is 28.7 Å². The van der Waals surface area contributed by atoms with Gasteiger partial charge in [-0.3, -0.25) is 4.98 Å². The number of fused-ring (bicyclic) bond motifs is 1. The van der Waals surface area contributed by atoms with Gasteiger partial charge in [0.25, 0.3) is 0 Å². The molecule has 0 saturated carbocycles. The number of nitrogen functional groups attached to an aromatic ring is 1. The van der Waals surface area contributed by atoms with Crippen molar-refractivity contribution in [2.45, 2.75) is 69.2 Å². The van der Waals surface area contributed by atoms with Crippen molar-refractivity contribution < 1.29 is 13.9 Å². The third-order valence-corrected chi connectivity index (χ3v) is 9.09. The van der Waals surface area contributed by atoms with E-state index in [9.17, 15) is 0 Å². The van der Waals surface area contributed by atoms with Crippen LogP contribution in [0.25, 0.3) is 22.0 Å². The molecule has 0 aliphatic rings. The first-order valence-corrected chi connectivity index (χ1v) is 16.4. The zero-order chi connectivity index (χ0) is 33.2. The van der Waals surface area contributed by atoms with Crippen LogP contribution in [0.2, 0.25) is 0 Å². The van der Waals surface area contributed by atoms with E-state index in [1.165, 1.54) is 16.2 Å². The summed E-state index contributed by atoms with van der Waals surface area (Å²) >= 11 is 1.86. The first-order chi connectivity index (χ1) is 22.5. The summed E-state index contributed by atoms with van der Waals surface area (Å²) in [5.41, 5.74) is 11.9. The predicted octanol–water partition coefficient (Wildman–Crippen LogP) is 8.11. The first-order valence-electron chi connectivity index (χ1n) is 15.5. The Hall–Kier alpha value is -4.83. The van der Waals surface area contributed by atoms with E-state index in [2.05, 4.69) is 95.7 Å². The van der Waals surface area contributed by atoms with Crippen molar-refractivity contribution in [1.82, 2.24) is 24.7 Å². The van der Waals surface area contributed by atoms with Crippen LogP contribution in [0.4, 0.5) is 6.01 Å². The molecule has 0 bridgehead atoms. The van der Waals surface area contributed by atoms with Crippen LogP contribution in [0.15, 0.2) is 94.5 Å². The lowest BCUT2D eigenvalue weighted by atomic mass is 9.87. The summed E-state index contributed by atoms with van der Waals surface area (Å²) in [5.74, 6) is 1.90. The Balaban J connectivity index is 1.42. The zero-order valence-electron chi connectivity index (χ0n) is 27.7. The number of anilines is 1. The van der Waals surface area contributed by atoms with Crippen LogP contribution in [-0.4, -0.2) is 36.6 Å². The summed E-state index contributed by atoms with van der Waals surface area (Å²) in [4.78, 5) is 10.00. The minimum atomic E-state index is -0.479. The maximum absolute atomic E-state index is 6.25. The van der Waals surface area contributed by atoms with E-state index in [1.54, 1.807) is 13.3 Å². The molecule has 4 aromatic heterocycles. The molecular formula is C37H40N6O3S. The lowest BCUT2D eigenvalue weighted by Gasteiger charge is -2.25. The molecule has 6 rings (SSSR count). The molecule has 0 amide bonds. The summed E-state index contributed by atoms with van der Waals surface area (Å²) in [6.07, 6.45) is 4.27. The van der Waals surface area contributed by atoms with Crippen LogP contribution in [0.5, 0.6) is 11.6 Å². The highest BCUT2D eigenvalue weighted by Gasteiger charge is 2.33. The number of aromatic nitrogens is 5. The van der Waals surface area contributed by atoms with Gasteiger partial charge in [-0.05, 0) is 47.5 Å². The summed E-state index contributed by atoms with van der Waals surface area (Å²) in [5, 5.41) is 9.37. The van der Waals surface area contributed by atoms with Gasteiger partial charge in [-0.25, -0.2) is 4.98 Å². The van der Waals surface area contributed by atoms with Crippen LogP contribution in [0.1, 0.15) is 57.5 Å². The summed E-state index contributed by atoms with van der Waals surface area (Å²) in [6, 6.07) is 24.8. The van der Waals surface area contributed by atoms with Gasteiger partial charge < -0.3 is 24.2 Å². The number of hydrogen-bond donors (Lipinski definition) is 1. The highest BCUT2D eigenvalue weighted by atomic mass is 32.2. The van der Waals surface area contributed by atoms with E-state index in [0.717, 1.165) is 33.5 Å². The van der Waals surface area contributed by atoms with Crippen molar-refractivity contribution in [3.05, 3.63) is 108 Å². The lowest BCUT2D eigenvalue weighted by molar-refractivity contribution is 0.301. The first kappa shape index (κ1) is 32.1. The summed E-state index contributed by atoms with van der Waals surface area (Å²) in [6.45, 7) is 12.0. The van der Waals surface area contributed by atoms with Crippen LogP contribution >= 0.6 is 11.8 Å². The molecule has 6 aromatic rings. The van der Waals surface area contributed by atoms with Crippen LogP contribution in [0.3, 0.4) is 0 Å². The minimum Gasteiger partial charge on any atom is -0.487 e. The van der Waals surface area contributed by atoms with E-state index in [0.29, 0.717) is 31.3 Å². The van der Waals surface area contributed by atoms with E-state index in [-0.39, 0.29) is 10.8 Å². The average molecular weight is 649 g/mol. The average Bonchev–Trinajstić information content (AvgIpc) is 3.62. The standard InChI is InChI=1S/C37H40N6O3S/c1-36(2,3)47-33-29-19-28(45-23-27-9-7-8-18-39-27)15-16-30(29)43(31(33)20-37(4,5)34-41-42-35(38)46-34)22-24-10-12-25(13-11-24)26-14-17-32(44-6)40-21-26/h7-19,21H,20,22-23H2,1-6H3,(H2,38,42). The van der Waals surface area contributed by atoms with E-state index < -0.39 is 5.41 Å². The Morgan fingerprint density at radius 3 is 2.32 bits per heavy atom. The van der Waals surface area contributed by atoms with Gasteiger partial charge in [0.05, 0.1) is 12.8 Å². The number of ether oxygens (including phenoxy) is 2. The van der Waals surface area contributed by atoms with E-state index in [1.807, 2.05) is 54.4 Å². The molecule has 0 spiro atoms. The zero-order valence-corrected chi connectivity index (χ0v) is 28.5. The van der Waals surface area contributed by atoms with Gasteiger partial charge in [-0.2, -0.15) is 0 Å². The molecule has 0 fully saturated rings. The van der Waals surface area contributed by atoms with Crippen molar-refractivity contribution in [3.8, 4) is 22.8 Å². The fourth-order valence-corrected chi connectivity index (χ4v) is 6.71. The second-order valence-corrected chi connectivity index (χ2v) is 15.0. The molecule has 47 heavy (non-hydrogen) atoms. The largest absolute Gasteiger partial charge is 0.487 e. The van der Waals surface area contributed by atoms with Crippen molar-refractivity contribution in [3.63, 3.8) is 0 Å². The number of thioether (sulfide) groups is 1. The highest BCUT2D eigenvalue weighted by molar-refractivity contribution is 8.00. The van der Waals surface area contributed by atoms with Crippen LogP contribution in [0, 0.1) is 0 Å². The molecule has 0 unspecified atom stereocenters. The second kappa shape index (κ2) is 13.1. The SMILES string of the molecule is COc1ccc(-c2ccc(Cn3c(CC(C)(C)c4nnc(N)o4)c(SC(C)(C)C)c4cc(OCc5ccccn5)ccc43)cc2)cn1. The van der Waals surface area contributed by atoms with Gasteiger partial charge in [-0.15, -0.1) is 16.9 Å². The minimum absolute atomic E-state index is 0.0498. The monoisotopic (exact) mass is 648 g/mol. The molecule has 0 radical (unpaired) electrons. The summed E-state index contributed by atoms with van der Waals surface area (Å²) in [7, 11) is 1.62. The predicted molar refractivity (Wildman–Crippen MR) is 187 cm³/mol. The van der Waals surface area contributed by atoms with Gasteiger partial charge in [0.1, 0.15) is 12.4 Å². The molecule has 2 N–H and O–H groups in total. The Bertz CT molecular complexity index is 1960. The van der Waals surface area contributed by atoms with E-state index >= 15 is 0 Å². The number of methoxy groups -OCH3 is 1. The highest BCUT2D eigenvalue weighted by Crippen LogP contribution is 2.44. The number of pyridine rings is 2. The normalized spacial score (nSPS) is 12.0. The number of benzene rings is 2. The Kier molecular flexibility index (Phi) is 8.96. The van der Waals surface area contributed by atoms with Gasteiger partial charge in [0.15, 0.2) is 0 Å². The van der Waals surface area contributed by atoms with Crippen LogP contribution in [-0.2, 0) is 25.0 Å². The molecule has 0 aliphatic heterocycles. The Morgan fingerprint density at radius 1 is 0.894 bits per heavy atom. The smallest absolute Gasteiger partial charge is 0.312 e. The van der Waals surface area contributed by atoms with Crippen molar-refractivity contribution in [2.75, 3.05) is 12.8 Å². The molecule has 2 aromatic carbocycles. The number of rotatable bonds is 11. The molecule has 0 saturated heterocycles. The Morgan fingerprint density at radius 2 is 1.68 bits per heavy atom. The number of nitrogens with zero attached hydrogens (tertiary/aromatic N) is 5. The third-order valence-electron chi connectivity index (χ3n) is 7.81. The quantitative estimate of drug-likeness (QED) is 0.139. The van der Waals surface area contributed by atoms with Gasteiger partial charge in [0, 0.05) is 68.6 Å². The fourth-order valence-electron chi connectivity index (χ4n) is 5.52. The van der Waals surface area contributed by atoms with Gasteiger partial charge in [-0.1, -0.05) is 70.0 Å². The maximum Gasteiger partial charge on any atom is 0.312 e. The molecule has 0 atom stereocenters. The second-order valence-electron chi connectivity index (χ2n) is 13.2. The van der Waals surface area contributed by atoms with Crippen molar-refractivity contribution in [2.24, 2.45) is 0 Å². The van der Waals surface area contributed by atoms with Crippen molar-refractivity contribution in [1.29, 1.82) is 0 Å². The third kappa shape index (κ3) is 7.44.